The third-order valence-electron chi connectivity index (χ3n) is 4.33. The van der Waals surface area contributed by atoms with E-state index in [2.05, 4.69) is 32.3 Å². The van der Waals surface area contributed by atoms with Gasteiger partial charge in [0, 0.05) is 24.5 Å². The smallest absolute Gasteiger partial charge is 0.166 e. The number of fused-ring (bicyclic) bond motifs is 1. The van der Waals surface area contributed by atoms with Crippen LogP contribution >= 0.6 is 0 Å². The Balaban J connectivity index is 1.63. The van der Waals surface area contributed by atoms with Gasteiger partial charge in [0.15, 0.2) is 11.5 Å². The number of nitrogen functional groups attached to an aromatic ring is 1. The number of aromatic nitrogens is 5. The van der Waals surface area contributed by atoms with Crippen LogP contribution in [0.25, 0.3) is 16.9 Å². The number of benzene rings is 1. The maximum atomic E-state index is 6.09. The molecule has 0 amide bonds. The molecule has 27 heavy (non-hydrogen) atoms. The Labute approximate surface area is 156 Å². The molecule has 0 saturated heterocycles. The van der Waals surface area contributed by atoms with Crippen LogP contribution in [0.1, 0.15) is 18.5 Å². The molecule has 0 aliphatic heterocycles. The summed E-state index contributed by atoms with van der Waals surface area (Å²) in [4.78, 5) is 13.0. The van der Waals surface area contributed by atoms with Gasteiger partial charge in [-0.05, 0) is 30.7 Å². The number of anilines is 2. The second-order valence-electron chi connectivity index (χ2n) is 6.08. The SMILES string of the molecule is COc1ccc([C@@H](C)Nc2cc(-c3c(N)nn4cccnc34)ncn2)cc1. The second kappa shape index (κ2) is 6.91. The molecule has 0 aliphatic carbocycles. The van der Waals surface area contributed by atoms with E-state index >= 15 is 0 Å². The average molecular weight is 361 g/mol. The van der Waals surface area contributed by atoms with Crippen LogP contribution in [0.2, 0.25) is 0 Å². The number of hydrogen-bond donors (Lipinski definition) is 2. The first-order chi connectivity index (χ1) is 13.2. The van der Waals surface area contributed by atoms with Crippen molar-refractivity contribution in [3.8, 4) is 17.0 Å². The Kier molecular flexibility index (Phi) is 4.29. The van der Waals surface area contributed by atoms with Gasteiger partial charge in [0.05, 0.1) is 18.4 Å². The predicted molar refractivity (Wildman–Crippen MR) is 103 cm³/mol. The summed E-state index contributed by atoms with van der Waals surface area (Å²) in [6, 6.07) is 11.6. The molecular formula is C19H19N7O. The molecule has 0 bridgehead atoms. The van der Waals surface area contributed by atoms with Crippen molar-refractivity contribution < 1.29 is 4.74 Å². The lowest BCUT2D eigenvalue weighted by Gasteiger charge is -2.15. The molecule has 1 aromatic carbocycles. The minimum atomic E-state index is 0.0537. The highest BCUT2D eigenvalue weighted by molar-refractivity contribution is 5.84. The molecule has 0 spiro atoms. The number of methoxy groups -OCH3 is 1. The molecule has 0 aliphatic rings. The highest BCUT2D eigenvalue weighted by atomic mass is 16.5. The van der Waals surface area contributed by atoms with Gasteiger partial charge in [-0.15, -0.1) is 5.10 Å². The Morgan fingerprint density at radius 3 is 2.74 bits per heavy atom. The summed E-state index contributed by atoms with van der Waals surface area (Å²) in [5, 5.41) is 7.67. The molecule has 4 rings (SSSR count). The maximum absolute atomic E-state index is 6.09. The quantitative estimate of drug-likeness (QED) is 0.563. The molecule has 4 aromatic rings. The predicted octanol–water partition coefficient (Wildman–Crippen LogP) is 2.95. The van der Waals surface area contributed by atoms with Crippen molar-refractivity contribution in [1.29, 1.82) is 0 Å². The zero-order valence-corrected chi connectivity index (χ0v) is 15.0. The number of ether oxygens (including phenoxy) is 1. The van der Waals surface area contributed by atoms with E-state index in [4.69, 9.17) is 10.5 Å². The number of rotatable bonds is 5. The van der Waals surface area contributed by atoms with Crippen LogP contribution in [-0.2, 0) is 0 Å². The minimum Gasteiger partial charge on any atom is -0.497 e. The molecule has 136 valence electrons. The van der Waals surface area contributed by atoms with E-state index in [-0.39, 0.29) is 6.04 Å². The highest BCUT2D eigenvalue weighted by Gasteiger charge is 2.16. The third kappa shape index (κ3) is 3.24. The lowest BCUT2D eigenvalue weighted by Crippen LogP contribution is -2.08. The number of nitrogens with zero attached hydrogens (tertiary/aromatic N) is 5. The van der Waals surface area contributed by atoms with Crippen molar-refractivity contribution in [2.24, 2.45) is 0 Å². The zero-order chi connectivity index (χ0) is 18.8. The molecule has 3 N–H and O–H groups in total. The van der Waals surface area contributed by atoms with Crippen molar-refractivity contribution in [2.45, 2.75) is 13.0 Å². The summed E-state index contributed by atoms with van der Waals surface area (Å²) in [6.07, 6.45) is 5.00. The minimum absolute atomic E-state index is 0.0537. The van der Waals surface area contributed by atoms with Crippen LogP contribution in [0.3, 0.4) is 0 Å². The Morgan fingerprint density at radius 1 is 1.15 bits per heavy atom. The summed E-state index contributed by atoms with van der Waals surface area (Å²) in [5.41, 5.74) is 9.22. The van der Waals surface area contributed by atoms with E-state index in [9.17, 15) is 0 Å². The van der Waals surface area contributed by atoms with Crippen LogP contribution in [0.5, 0.6) is 5.75 Å². The fourth-order valence-corrected chi connectivity index (χ4v) is 2.92. The molecule has 3 heterocycles. The van der Waals surface area contributed by atoms with E-state index in [0.29, 0.717) is 28.5 Å². The van der Waals surface area contributed by atoms with E-state index in [1.807, 2.05) is 30.3 Å². The fourth-order valence-electron chi connectivity index (χ4n) is 2.92. The third-order valence-corrected chi connectivity index (χ3v) is 4.33. The van der Waals surface area contributed by atoms with Crippen molar-refractivity contribution in [2.75, 3.05) is 18.2 Å². The molecule has 0 fully saturated rings. The molecule has 8 heteroatoms. The normalized spacial score (nSPS) is 12.1. The topological polar surface area (TPSA) is 103 Å². The van der Waals surface area contributed by atoms with Gasteiger partial charge in [0.2, 0.25) is 0 Å². The summed E-state index contributed by atoms with van der Waals surface area (Å²) < 4.78 is 6.84. The van der Waals surface area contributed by atoms with E-state index in [1.54, 1.807) is 30.1 Å². The standard InChI is InChI=1S/C19H19N7O/c1-12(13-4-6-14(27-2)7-5-13)24-16-10-15(22-11-23-16)17-18(20)25-26-9-3-8-21-19(17)26/h3-12H,1-2H3,(H2,20,25)(H,22,23,24)/t12-/m1/s1. The van der Waals surface area contributed by atoms with Gasteiger partial charge < -0.3 is 15.8 Å². The van der Waals surface area contributed by atoms with E-state index < -0.39 is 0 Å². The van der Waals surface area contributed by atoms with Crippen LogP contribution < -0.4 is 15.8 Å². The van der Waals surface area contributed by atoms with Gasteiger partial charge in [-0.1, -0.05) is 12.1 Å². The van der Waals surface area contributed by atoms with E-state index in [0.717, 1.165) is 11.3 Å². The first-order valence-electron chi connectivity index (χ1n) is 8.47. The maximum Gasteiger partial charge on any atom is 0.166 e. The van der Waals surface area contributed by atoms with Crippen LogP contribution in [0.4, 0.5) is 11.6 Å². The monoisotopic (exact) mass is 361 g/mol. The molecule has 0 saturated carbocycles. The largest absolute Gasteiger partial charge is 0.497 e. The van der Waals surface area contributed by atoms with Crippen molar-refractivity contribution >= 4 is 17.3 Å². The van der Waals surface area contributed by atoms with Crippen molar-refractivity contribution in [3.05, 3.63) is 60.7 Å². The second-order valence-corrected chi connectivity index (χ2v) is 6.08. The van der Waals surface area contributed by atoms with Gasteiger partial charge in [-0.3, -0.25) is 0 Å². The van der Waals surface area contributed by atoms with Gasteiger partial charge in [0.1, 0.15) is 17.9 Å². The highest BCUT2D eigenvalue weighted by Crippen LogP contribution is 2.29. The average Bonchev–Trinajstić information content (AvgIpc) is 3.04. The summed E-state index contributed by atoms with van der Waals surface area (Å²) >= 11 is 0. The van der Waals surface area contributed by atoms with Gasteiger partial charge in [-0.25, -0.2) is 19.5 Å². The summed E-state index contributed by atoms with van der Waals surface area (Å²) in [6.45, 7) is 2.06. The number of nitrogens with two attached hydrogens (primary N) is 1. The summed E-state index contributed by atoms with van der Waals surface area (Å²) in [7, 11) is 1.65. The Morgan fingerprint density at radius 2 is 1.96 bits per heavy atom. The Bertz CT molecular complexity index is 1080. The zero-order valence-electron chi connectivity index (χ0n) is 15.0. The molecule has 3 aromatic heterocycles. The lowest BCUT2D eigenvalue weighted by atomic mass is 10.1. The molecule has 1 atom stereocenters. The van der Waals surface area contributed by atoms with Gasteiger partial charge >= 0.3 is 0 Å². The number of nitrogens with one attached hydrogen (secondary N) is 1. The van der Waals surface area contributed by atoms with Crippen LogP contribution in [0.15, 0.2) is 55.1 Å². The first kappa shape index (κ1) is 16.8. The van der Waals surface area contributed by atoms with Gasteiger partial charge in [0.25, 0.3) is 0 Å². The van der Waals surface area contributed by atoms with Crippen LogP contribution in [0, 0.1) is 0 Å². The molecular weight excluding hydrogens is 342 g/mol. The van der Waals surface area contributed by atoms with Crippen molar-refractivity contribution in [3.63, 3.8) is 0 Å². The van der Waals surface area contributed by atoms with E-state index in [1.165, 1.54) is 6.33 Å². The fraction of sp³-hybridized carbons (Fsp3) is 0.158. The number of hydrogen-bond acceptors (Lipinski definition) is 7. The van der Waals surface area contributed by atoms with Crippen LogP contribution in [-0.4, -0.2) is 31.7 Å². The molecule has 0 unspecified atom stereocenters. The summed E-state index contributed by atoms with van der Waals surface area (Å²) in [5.74, 6) is 1.89. The lowest BCUT2D eigenvalue weighted by molar-refractivity contribution is 0.414. The first-order valence-corrected chi connectivity index (χ1v) is 8.47. The molecule has 0 radical (unpaired) electrons. The molecule has 8 nitrogen and oxygen atoms in total. The van der Waals surface area contributed by atoms with Gasteiger partial charge in [-0.2, -0.15) is 0 Å². The Hall–Kier alpha value is -3.68. The van der Waals surface area contributed by atoms with Crippen molar-refractivity contribution in [1.82, 2.24) is 24.6 Å².